The molecule has 140 valence electrons. The highest BCUT2D eigenvalue weighted by molar-refractivity contribution is 7.93. The van der Waals surface area contributed by atoms with Crippen molar-refractivity contribution in [2.24, 2.45) is 0 Å². The molecule has 1 amide bonds. The smallest absolute Gasteiger partial charge is 0.291 e. The number of nitrogens with one attached hydrogen (secondary N) is 1. The van der Waals surface area contributed by atoms with Crippen LogP contribution in [0.3, 0.4) is 0 Å². The maximum atomic E-state index is 12.6. The third-order valence-corrected chi connectivity index (χ3v) is 6.80. The third-order valence-electron chi connectivity index (χ3n) is 4.63. The van der Waals surface area contributed by atoms with Gasteiger partial charge in [-0.05, 0) is 43.7 Å². The van der Waals surface area contributed by atoms with Crippen LogP contribution in [-0.4, -0.2) is 26.6 Å². The summed E-state index contributed by atoms with van der Waals surface area (Å²) in [7, 11) is -3.23. The number of para-hydroxylation sites is 1. The average molecular weight is 405 g/mol. The summed E-state index contributed by atoms with van der Waals surface area (Å²) in [5, 5.41) is 4.02. The zero-order valence-electron chi connectivity index (χ0n) is 14.5. The Morgan fingerprint density at radius 1 is 1.19 bits per heavy atom. The van der Waals surface area contributed by atoms with Gasteiger partial charge in [0.2, 0.25) is 10.0 Å². The molecule has 1 fully saturated rings. The fourth-order valence-electron chi connectivity index (χ4n) is 3.25. The first-order valence-corrected chi connectivity index (χ1v) is 10.4. The molecule has 0 saturated carbocycles. The van der Waals surface area contributed by atoms with Gasteiger partial charge in [0.15, 0.2) is 11.3 Å². The van der Waals surface area contributed by atoms with Gasteiger partial charge in [0.05, 0.1) is 16.5 Å². The van der Waals surface area contributed by atoms with E-state index in [0.29, 0.717) is 40.5 Å². The van der Waals surface area contributed by atoms with Crippen LogP contribution in [0.2, 0.25) is 5.02 Å². The van der Waals surface area contributed by atoms with Crippen LogP contribution >= 0.6 is 11.6 Å². The Bertz CT molecular complexity index is 1140. The van der Waals surface area contributed by atoms with E-state index in [0.717, 1.165) is 5.39 Å². The first kappa shape index (κ1) is 17.9. The van der Waals surface area contributed by atoms with E-state index in [1.807, 2.05) is 6.07 Å². The molecule has 0 atom stereocenters. The largest absolute Gasteiger partial charge is 0.449 e. The van der Waals surface area contributed by atoms with Gasteiger partial charge in [-0.15, -0.1) is 0 Å². The van der Waals surface area contributed by atoms with Crippen molar-refractivity contribution in [1.82, 2.24) is 0 Å². The number of anilines is 2. The molecule has 27 heavy (non-hydrogen) atoms. The molecule has 4 rings (SSSR count). The molecule has 0 unspecified atom stereocenters. The number of rotatable bonds is 3. The van der Waals surface area contributed by atoms with Crippen LogP contribution in [0.15, 0.2) is 46.9 Å². The lowest BCUT2D eigenvalue weighted by atomic mass is 10.1. The molecule has 1 N–H and O–H groups in total. The van der Waals surface area contributed by atoms with Crippen LogP contribution in [0.1, 0.15) is 22.5 Å². The monoisotopic (exact) mass is 404 g/mol. The number of amides is 1. The van der Waals surface area contributed by atoms with Crippen LogP contribution in [0.4, 0.5) is 11.4 Å². The summed E-state index contributed by atoms with van der Waals surface area (Å²) in [4.78, 5) is 12.6. The number of aryl methyl sites for hydroxylation is 1. The van der Waals surface area contributed by atoms with Gasteiger partial charge in [0.25, 0.3) is 5.91 Å². The Labute approximate surface area is 161 Å². The predicted octanol–water partition coefficient (Wildman–Crippen LogP) is 4.19. The highest BCUT2D eigenvalue weighted by atomic mass is 35.5. The highest BCUT2D eigenvalue weighted by Crippen LogP contribution is 2.31. The summed E-state index contributed by atoms with van der Waals surface area (Å²) < 4.78 is 31.0. The molecule has 0 aliphatic carbocycles. The van der Waals surface area contributed by atoms with Crippen molar-refractivity contribution >= 4 is 49.9 Å². The molecule has 3 aromatic rings. The van der Waals surface area contributed by atoms with E-state index in [1.54, 1.807) is 43.3 Å². The zero-order chi connectivity index (χ0) is 19.2. The van der Waals surface area contributed by atoms with E-state index in [1.165, 1.54) is 4.31 Å². The van der Waals surface area contributed by atoms with Crippen LogP contribution in [-0.2, 0) is 10.0 Å². The lowest BCUT2D eigenvalue weighted by Crippen LogP contribution is -2.25. The van der Waals surface area contributed by atoms with Crippen molar-refractivity contribution < 1.29 is 17.6 Å². The molecular weight excluding hydrogens is 388 g/mol. The number of halogens is 1. The Kier molecular flexibility index (Phi) is 4.36. The van der Waals surface area contributed by atoms with Crippen molar-refractivity contribution in [2.75, 3.05) is 21.9 Å². The number of furan rings is 1. The Morgan fingerprint density at radius 3 is 2.56 bits per heavy atom. The van der Waals surface area contributed by atoms with Gasteiger partial charge in [-0.2, -0.15) is 0 Å². The maximum absolute atomic E-state index is 12.6. The summed E-state index contributed by atoms with van der Waals surface area (Å²) in [5.74, 6) is -0.0232. The minimum Gasteiger partial charge on any atom is -0.449 e. The number of carbonyl (C=O) groups excluding carboxylic acids is 1. The second-order valence-electron chi connectivity index (χ2n) is 6.42. The van der Waals surface area contributed by atoms with E-state index in [4.69, 9.17) is 16.0 Å². The van der Waals surface area contributed by atoms with Gasteiger partial charge in [0, 0.05) is 23.2 Å². The first-order valence-electron chi connectivity index (χ1n) is 8.46. The van der Waals surface area contributed by atoms with Gasteiger partial charge in [-0.1, -0.05) is 23.7 Å². The Balaban J connectivity index is 1.57. The second kappa shape index (κ2) is 6.58. The molecule has 0 radical (unpaired) electrons. The van der Waals surface area contributed by atoms with Crippen molar-refractivity contribution in [2.45, 2.75) is 13.3 Å². The number of carbonyl (C=O) groups is 1. The number of benzene rings is 2. The van der Waals surface area contributed by atoms with Crippen molar-refractivity contribution in [1.29, 1.82) is 0 Å². The molecule has 1 aliphatic heterocycles. The summed E-state index contributed by atoms with van der Waals surface area (Å²) in [6.07, 6.45) is 0.620. The molecule has 1 saturated heterocycles. The first-order chi connectivity index (χ1) is 12.9. The van der Waals surface area contributed by atoms with Crippen LogP contribution < -0.4 is 9.62 Å². The molecule has 8 heteroatoms. The molecule has 1 aliphatic rings. The summed E-state index contributed by atoms with van der Waals surface area (Å²) in [6, 6.07) is 12.1. The van der Waals surface area contributed by atoms with Crippen LogP contribution in [0, 0.1) is 6.92 Å². The van der Waals surface area contributed by atoms with Crippen molar-refractivity contribution in [3.05, 3.63) is 58.8 Å². The molecule has 0 spiro atoms. The Morgan fingerprint density at radius 2 is 1.93 bits per heavy atom. The molecule has 6 nitrogen and oxygen atoms in total. The molecular formula is C19H17ClN2O4S. The SMILES string of the molecule is Cc1c(C(=O)Nc2ccc(N3CCCS3(=O)=O)cc2)oc2c(Cl)cccc12. The maximum Gasteiger partial charge on any atom is 0.291 e. The van der Waals surface area contributed by atoms with Gasteiger partial charge in [-0.3, -0.25) is 9.10 Å². The highest BCUT2D eigenvalue weighted by Gasteiger charge is 2.28. The standard InChI is InChI=1S/C19H17ClN2O4S/c1-12-15-4-2-5-16(20)18(15)26-17(12)19(23)21-13-6-8-14(9-7-13)22-10-3-11-27(22,24)25/h2,4-9H,3,10-11H2,1H3,(H,21,23). The minimum atomic E-state index is -3.23. The summed E-state index contributed by atoms with van der Waals surface area (Å²) >= 11 is 6.13. The minimum absolute atomic E-state index is 0.166. The Hall–Kier alpha value is -2.51. The van der Waals surface area contributed by atoms with Gasteiger partial charge in [-0.25, -0.2) is 8.42 Å². The average Bonchev–Trinajstić information content (AvgIpc) is 3.16. The predicted molar refractivity (Wildman–Crippen MR) is 106 cm³/mol. The quantitative estimate of drug-likeness (QED) is 0.709. The number of nitrogens with zero attached hydrogens (tertiary/aromatic N) is 1. The summed E-state index contributed by atoms with van der Waals surface area (Å²) in [5.41, 5.74) is 2.34. The topological polar surface area (TPSA) is 79.6 Å². The van der Waals surface area contributed by atoms with E-state index in [-0.39, 0.29) is 17.4 Å². The third kappa shape index (κ3) is 3.17. The van der Waals surface area contributed by atoms with Crippen molar-refractivity contribution in [3.8, 4) is 0 Å². The second-order valence-corrected chi connectivity index (χ2v) is 8.84. The lowest BCUT2D eigenvalue weighted by Gasteiger charge is -2.17. The molecule has 2 heterocycles. The summed E-state index contributed by atoms with van der Waals surface area (Å²) in [6.45, 7) is 2.28. The van der Waals surface area contributed by atoms with Crippen LogP contribution in [0.5, 0.6) is 0 Å². The molecule has 1 aromatic heterocycles. The zero-order valence-corrected chi connectivity index (χ0v) is 16.1. The van der Waals surface area contributed by atoms with E-state index in [2.05, 4.69) is 5.32 Å². The fraction of sp³-hybridized carbons (Fsp3) is 0.211. The normalized spacial score (nSPS) is 16.0. The van der Waals surface area contributed by atoms with Gasteiger partial charge >= 0.3 is 0 Å². The van der Waals surface area contributed by atoms with Gasteiger partial charge in [0.1, 0.15) is 0 Å². The van der Waals surface area contributed by atoms with E-state index < -0.39 is 10.0 Å². The number of hydrogen-bond acceptors (Lipinski definition) is 4. The number of sulfonamides is 1. The fourth-order valence-corrected chi connectivity index (χ4v) is 5.03. The van der Waals surface area contributed by atoms with E-state index in [9.17, 15) is 13.2 Å². The van der Waals surface area contributed by atoms with Gasteiger partial charge < -0.3 is 9.73 Å². The lowest BCUT2D eigenvalue weighted by molar-refractivity contribution is 0.0998. The van der Waals surface area contributed by atoms with Crippen molar-refractivity contribution in [3.63, 3.8) is 0 Å². The molecule has 2 aromatic carbocycles. The number of fused-ring (bicyclic) bond motifs is 1. The number of hydrogen-bond donors (Lipinski definition) is 1. The van der Waals surface area contributed by atoms with E-state index >= 15 is 0 Å². The van der Waals surface area contributed by atoms with Crippen LogP contribution in [0.25, 0.3) is 11.0 Å². The molecule has 0 bridgehead atoms.